The number of rotatable bonds is 4. The van der Waals surface area contributed by atoms with Gasteiger partial charge in [0, 0.05) is 5.69 Å². The van der Waals surface area contributed by atoms with Crippen LogP contribution in [0.15, 0.2) is 18.3 Å². The SMILES string of the molecule is CCc1c(C)nn(-c2ccc(C(O)CC)nc2)c1C. The molecule has 2 aromatic rings. The van der Waals surface area contributed by atoms with Crippen LogP contribution < -0.4 is 0 Å². The summed E-state index contributed by atoms with van der Waals surface area (Å²) in [5.74, 6) is 0. The number of pyridine rings is 1. The highest BCUT2D eigenvalue weighted by Gasteiger charge is 2.12. The Morgan fingerprint density at radius 1 is 1.26 bits per heavy atom. The minimum Gasteiger partial charge on any atom is -0.387 e. The molecule has 4 heteroatoms. The molecule has 102 valence electrons. The van der Waals surface area contributed by atoms with Crippen LogP contribution in [0.5, 0.6) is 0 Å². The second kappa shape index (κ2) is 5.53. The summed E-state index contributed by atoms with van der Waals surface area (Å²) in [6.07, 6.45) is 2.94. The summed E-state index contributed by atoms with van der Waals surface area (Å²) < 4.78 is 1.92. The number of aryl methyl sites for hydroxylation is 1. The van der Waals surface area contributed by atoms with Crippen molar-refractivity contribution in [1.82, 2.24) is 14.8 Å². The van der Waals surface area contributed by atoms with Gasteiger partial charge in [-0.15, -0.1) is 0 Å². The van der Waals surface area contributed by atoms with Crippen molar-refractivity contribution in [2.45, 2.75) is 46.6 Å². The van der Waals surface area contributed by atoms with Crippen molar-refractivity contribution in [3.8, 4) is 5.69 Å². The van der Waals surface area contributed by atoms with Gasteiger partial charge >= 0.3 is 0 Å². The standard InChI is InChI=1S/C15H21N3O/c1-5-13-10(3)17-18(11(13)4)12-7-8-14(16-9-12)15(19)6-2/h7-9,15,19H,5-6H2,1-4H3. The molecule has 1 atom stereocenters. The van der Waals surface area contributed by atoms with Crippen LogP contribution in [-0.2, 0) is 6.42 Å². The summed E-state index contributed by atoms with van der Waals surface area (Å²) in [5, 5.41) is 14.3. The number of hydrogen-bond donors (Lipinski definition) is 1. The van der Waals surface area contributed by atoms with E-state index in [1.54, 1.807) is 6.20 Å². The van der Waals surface area contributed by atoms with E-state index in [0.717, 1.165) is 23.5 Å². The van der Waals surface area contributed by atoms with Gasteiger partial charge in [0.15, 0.2) is 0 Å². The van der Waals surface area contributed by atoms with Gasteiger partial charge in [-0.05, 0) is 44.4 Å². The smallest absolute Gasteiger partial charge is 0.0957 e. The van der Waals surface area contributed by atoms with Crippen LogP contribution in [0.25, 0.3) is 5.69 Å². The average molecular weight is 259 g/mol. The lowest BCUT2D eigenvalue weighted by atomic mass is 10.1. The highest BCUT2D eigenvalue weighted by Crippen LogP contribution is 2.19. The van der Waals surface area contributed by atoms with Crippen molar-refractivity contribution in [2.75, 3.05) is 0 Å². The summed E-state index contributed by atoms with van der Waals surface area (Å²) in [5.41, 5.74) is 5.16. The van der Waals surface area contributed by atoms with Gasteiger partial charge in [-0.25, -0.2) is 4.68 Å². The van der Waals surface area contributed by atoms with Crippen molar-refractivity contribution in [3.63, 3.8) is 0 Å². The number of aliphatic hydroxyl groups is 1. The zero-order valence-corrected chi connectivity index (χ0v) is 12.0. The van der Waals surface area contributed by atoms with E-state index in [4.69, 9.17) is 0 Å². The Hall–Kier alpha value is -1.68. The zero-order chi connectivity index (χ0) is 14.0. The monoisotopic (exact) mass is 259 g/mol. The van der Waals surface area contributed by atoms with E-state index in [-0.39, 0.29) is 0 Å². The quantitative estimate of drug-likeness (QED) is 0.918. The molecule has 0 radical (unpaired) electrons. The van der Waals surface area contributed by atoms with E-state index >= 15 is 0 Å². The molecule has 1 N–H and O–H groups in total. The normalized spacial score (nSPS) is 12.7. The Bertz CT molecular complexity index is 558. The highest BCUT2D eigenvalue weighted by molar-refractivity contribution is 5.36. The van der Waals surface area contributed by atoms with Crippen molar-refractivity contribution >= 4 is 0 Å². The van der Waals surface area contributed by atoms with Crippen molar-refractivity contribution < 1.29 is 5.11 Å². The number of nitrogens with zero attached hydrogens (tertiary/aromatic N) is 3. The second-order valence-electron chi connectivity index (χ2n) is 4.78. The molecule has 0 aliphatic rings. The van der Waals surface area contributed by atoms with Crippen molar-refractivity contribution in [2.24, 2.45) is 0 Å². The van der Waals surface area contributed by atoms with Gasteiger partial charge in [0.1, 0.15) is 0 Å². The number of aliphatic hydroxyl groups excluding tert-OH is 1. The maximum Gasteiger partial charge on any atom is 0.0957 e. The van der Waals surface area contributed by atoms with Gasteiger partial charge < -0.3 is 5.11 Å². The van der Waals surface area contributed by atoms with E-state index in [1.807, 2.05) is 30.7 Å². The summed E-state index contributed by atoms with van der Waals surface area (Å²) in [6.45, 7) is 8.19. The molecule has 0 spiro atoms. The molecule has 0 fully saturated rings. The first-order chi connectivity index (χ1) is 9.08. The maximum atomic E-state index is 9.75. The number of hydrogen-bond acceptors (Lipinski definition) is 3. The lowest BCUT2D eigenvalue weighted by Crippen LogP contribution is -2.03. The third kappa shape index (κ3) is 2.54. The third-order valence-corrected chi connectivity index (χ3v) is 3.54. The van der Waals surface area contributed by atoms with Gasteiger partial charge in [0.05, 0.1) is 29.4 Å². The molecule has 2 aromatic heterocycles. The Labute approximate surface area is 114 Å². The molecular weight excluding hydrogens is 238 g/mol. The van der Waals surface area contributed by atoms with Gasteiger partial charge in [-0.3, -0.25) is 4.98 Å². The molecule has 0 aromatic carbocycles. The van der Waals surface area contributed by atoms with E-state index < -0.39 is 6.10 Å². The predicted octanol–water partition coefficient (Wildman–Crippen LogP) is 2.89. The van der Waals surface area contributed by atoms with Crippen molar-refractivity contribution in [1.29, 1.82) is 0 Å². The third-order valence-electron chi connectivity index (χ3n) is 3.54. The molecule has 0 saturated heterocycles. The lowest BCUT2D eigenvalue weighted by molar-refractivity contribution is 0.169. The Kier molecular flexibility index (Phi) is 4.00. The molecule has 19 heavy (non-hydrogen) atoms. The van der Waals surface area contributed by atoms with Gasteiger partial charge in [0.2, 0.25) is 0 Å². The van der Waals surface area contributed by atoms with Crippen LogP contribution in [0.1, 0.15) is 49.0 Å². The van der Waals surface area contributed by atoms with Crippen molar-refractivity contribution in [3.05, 3.63) is 41.0 Å². The molecule has 0 bridgehead atoms. The fourth-order valence-corrected chi connectivity index (χ4v) is 2.37. The average Bonchev–Trinajstić information content (AvgIpc) is 2.72. The molecule has 0 amide bonds. The number of aromatic nitrogens is 3. The van der Waals surface area contributed by atoms with Crippen LogP contribution in [0.3, 0.4) is 0 Å². The maximum absolute atomic E-state index is 9.75. The summed E-state index contributed by atoms with van der Waals surface area (Å²) in [6, 6.07) is 3.83. The van der Waals surface area contributed by atoms with Gasteiger partial charge in [-0.1, -0.05) is 13.8 Å². The van der Waals surface area contributed by atoms with Crippen LogP contribution in [0, 0.1) is 13.8 Å². The lowest BCUT2D eigenvalue weighted by Gasteiger charge is -2.09. The molecule has 0 aliphatic heterocycles. The predicted molar refractivity (Wildman–Crippen MR) is 75.5 cm³/mol. The molecule has 4 nitrogen and oxygen atoms in total. The van der Waals surface area contributed by atoms with Crippen LogP contribution in [0.2, 0.25) is 0 Å². The topological polar surface area (TPSA) is 50.9 Å². The molecule has 0 saturated carbocycles. The van der Waals surface area contributed by atoms with Crippen LogP contribution in [0.4, 0.5) is 0 Å². The highest BCUT2D eigenvalue weighted by atomic mass is 16.3. The summed E-state index contributed by atoms with van der Waals surface area (Å²) >= 11 is 0. The Morgan fingerprint density at radius 2 is 2.00 bits per heavy atom. The van der Waals surface area contributed by atoms with Gasteiger partial charge in [0.25, 0.3) is 0 Å². The summed E-state index contributed by atoms with van der Waals surface area (Å²) in [4.78, 5) is 4.32. The minimum absolute atomic E-state index is 0.485. The fraction of sp³-hybridized carbons (Fsp3) is 0.467. The van der Waals surface area contributed by atoms with Crippen LogP contribution in [-0.4, -0.2) is 19.9 Å². The van der Waals surface area contributed by atoms with E-state index in [1.165, 1.54) is 5.56 Å². The first kappa shape index (κ1) is 13.7. The van der Waals surface area contributed by atoms with E-state index in [2.05, 4.69) is 23.9 Å². The first-order valence-corrected chi connectivity index (χ1v) is 6.77. The molecule has 2 heterocycles. The van der Waals surface area contributed by atoms with Crippen LogP contribution >= 0.6 is 0 Å². The zero-order valence-electron chi connectivity index (χ0n) is 12.0. The second-order valence-corrected chi connectivity index (χ2v) is 4.78. The minimum atomic E-state index is -0.485. The van der Waals surface area contributed by atoms with E-state index in [9.17, 15) is 5.11 Å². The Morgan fingerprint density at radius 3 is 2.47 bits per heavy atom. The van der Waals surface area contributed by atoms with Gasteiger partial charge in [-0.2, -0.15) is 5.10 Å². The molecule has 1 unspecified atom stereocenters. The largest absolute Gasteiger partial charge is 0.387 e. The summed E-state index contributed by atoms with van der Waals surface area (Å²) in [7, 11) is 0. The fourth-order valence-electron chi connectivity index (χ4n) is 2.37. The van der Waals surface area contributed by atoms with E-state index in [0.29, 0.717) is 12.1 Å². The molecule has 0 aliphatic carbocycles. The first-order valence-electron chi connectivity index (χ1n) is 6.77. The molecule has 2 rings (SSSR count). The molecular formula is C15H21N3O. The Balaban J connectivity index is 2.37.